The van der Waals surface area contributed by atoms with Crippen LogP contribution in [0.3, 0.4) is 0 Å². The number of hydrogen-bond acceptors (Lipinski definition) is 5. The lowest BCUT2D eigenvalue weighted by molar-refractivity contribution is 0.0663. The Kier molecular flexibility index (Phi) is 4.70. The number of nitrogens with zero attached hydrogens (tertiary/aromatic N) is 3. The second-order valence-electron chi connectivity index (χ2n) is 4.68. The molecule has 0 aromatic carbocycles. The number of nitrogens with one attached hydrogen (secondary N) is 2. The van der Waals surface area contributed by atoms with Crippen LogP contribution in [0.1, 0.15) is 17.3 Å². The third kappa shape index (κ3) is 3.65. The molecule has 1 aliphatic rings. The molecule has 0 radical (unpaired) electrons. The second kappa shape index (κ2) is 6.49. The third-order valence-corrected chi connectivity index (χ3v) is 3.20. The van der Waals surface area contributed by atoms with E-state index in [9.17, 15) is 4.79 Å². The molecule has 0 unspecified atom stereocenters. The number of carbonyl (C=O) groups excluding carboxylic acids is 1. The minimum atomic E-state index is -0.0806. The standard InChI is InChI=1S/C13H21N5O/c1-3-15-12-10-14-5-4-11(12)13(19)16-18-8-6-17(2)7-9-18/h4-5,10,15H,3,6-9H2,1-2H3,(H,16,19). The SMILES string of the molecule is CCNc1cnccc1C(=O)NN1CCN(C)CC1. The number of pyridine rings is 1. The molecule has 0 atom stereocenters. The van der Waals surface area contributed by atoms with Crippen molar-refractivity contribution in [3.8, 4) is 0 Å². The van der Waals surface area contributed by atoms with E-state index in [0.717, 1.165) is 38.4 Å². The van der Waals surface area contributed by atoms with Crippen LogP contribution in [0.2, 0.25) is 0 Å². The molecule has 0 aliphatic carbocycles. The fourth-order valence-electron chi connectivity index (χ4n) is 2.05. The van der Waals surface area contributed by atoms with Gasteiger partial charge in [0.25, 0.3) is 5.91 Å². The summed E-state index contributed by atoms with van der Waals surface area (Å²) >= 11 is 0. The third-order valence-electron chi connectivity index (χ3n) is 3.20. The zero-order valence-corrected chi connectivity index (χ0v) is 11.5. The first-order valence-corrected chi connectivity index (χ1v) is 6.63. The summed E-state index contributed by atoms with van der Waals surface area (Å²) in [6.45, 7) is 6.40. The lowest BCUT2D eigenvalue weighted by Crippen LogP contribution is -2.52. The number of hydrazine groups is 1. The molecule has 2 rings (SSSR count). The molecule has 1 aromatic heterocycles. The van der Waals surface area contributed by atoms with Crippen molar-refractivity contribution in [1.82, 2.24) is 20.3 Å². The van der Waals surface area contributed by atoms with Crippen LogP contribution in [0.4, 0.5) is 5.69 Å². The van der Waals surface area contributed by atoms with Crippen LogP contribution in [0.25, 0.3) is 0 Å². The zero-order chi connectivity index (χ0) is 13.7. The smallest absolute Gasteiger partial charge is 0.267 e. The molecule has 2 heterocycles. The Morgan fingerprint density at radius 3 is 2.79 bits per heavy atom. The number of likely N-dealkylation sites (N-methyl/N-ethyl adjacent to an activating group) is 1. The van der Waals surface area contributed by atoms with Gasteiger partial charge in [0.15, 0.2) is 0 Å². The van der Waals surface area contributed by atoms with E-state index in [1.165, 1.54) is 0 Å². The summed E-state index contributed by atoms with van der Waals surface area (Å²) in [7, 11) is 2.09. The Morgan fingerprint density at radius 2 is 2.11 bits per heavy atom. The van der Waals surface area contributed by atoms with Crippen LogP contribution in [0.15, 0.2) is 18.5 Å². The Bertz CT molecular complexity index is 429. The van der Waals surface area contributed by atoms with E-state index >= 15 is 0 Å². The highest BCUT2D eigenvalue weighted by Gasteiger charge is 2.18. The average molecular weight is 263 g/mol. The van der Waals surface area contributed by atoms with Crippen LogP contribution in [0, 0.1) is 0 Å². The average Bonchev–Trinajstić information content (AvgIpc) is 2.42. The van der Waals surface area contributed by atoms with Crippen molar-refractivity contribution < 1.29 is 4.79 Å². The van der Waals surface area contributed by atoms with E-state index in [1.54, 1.807) is 18.5 Å². The maximum atomic E-state index is 12.3. The monoisotopic (exact) mass is 263 g/mol. The Labute approximate surface area is 113 Å². The molecule has 1 aromatic rings. The van der Waals surface area contributed by atoms with Gasteiger partial charge in [-0.15, -0.1) is 0 Å². The summed E-state index contributed by atoms with van der Waals surface area (Å²) in [6, 6.07) is 1.74. The van der Waals surface area contributed by atoms with Gasteiger partial charge >= 0.3 is 0 Å². The number of amides is 1. The highest BCUT2D eigenvalue weighted by Crippen LogP contribution is 2.13. The molecule has 1 saturated heterocycles. The van der Waals surface area contributed by atoms with Crippen LogP contribution < -0.4 is 10.7 Å². The lowest BCUT2D eigenvalue weighted by atomic mass is 10.2. The molecule has 1 amide bonds. The molecule has 0 saturated carbocycles. The number of rotatable bonds is 4. The van der Waals surface area contributed by atoms with E-state index in [-0.39, 0.29) is 5.91 Å². The topological polar surface area (TPSA) is 60.5 Å². The molecular weight excluding hydrogens is 242 g/mol. The highest BCUT2D eigenvalue weighted by molar-refractivity contribution is 5.99. The van der Waals surface area contributed by atoms with Gasteiger partial charge in [-0.2, -0.15) is 0 Å². The summed E-state index contributed by atoms with van der Waals surface area (Å²) in [4.78, 5) is 18.5. The second-order valence-corrected chi connectivity index (χ2v) is 4.68. The van der Waals surface area contributed by atoms with E-state index in [1.807, 2.05) is 11.9 Å². The molecule has 6 nitrogen and oxygen atoms in total. The molecule has 2 N–H and O–H groups in total. The van der Waals surface area contributed by atoms with Crippen LogP contribution in [-0.4, -0.2) is 60.6 Å². The van der Waals surface area contributed by atoms with Gasteiger partial charge in [-0.1, -0.05) is 0 Å². The maximum absolute atomic E-state index is 12.3. The summed E-state index contributed by atoms with van der Waals surface area (Å²) in [6.07, 6.45) is 3.32. The zero-order valence-electron chi connectivity index (χ0n) is 11.5. The van der Waals surface area contributed by atoms with Crippen LogP contribution in [-0.2, 0) is 0 Å². The molecule has 6 heteroatoms. The fraction of sp³-hybridized carbons (Fsp3) is 0.538. The van der Waals surface area contributed by atoms with E-state index in [4.69, 9.17) is 0 Å². The van der Waals surface area contributed by atoms with Gasteiger partial charge in [-0.05, 0) is 20.0 Å². The molecule has 0 bridgehead atoms. The normalized spacial score (nSPS) is 17.2. The maximum Gasteiger partial charge on any atom is 0.267 e. The lowest BCUT2D eigenvalue weighted by Gasteiger charge is -2.32. The minimum Gasteiger partial charge on any atom is -0.383 e. The van der Waals surface area contributed by atoms with E-state index in [2.05, 4.69) is 27.7 Å². The van der Waals surface area contributed by atoms with Gasteiger partial charge < -0.3 is 10.2 Å². The first kappa shape index (κ1) is 13.8. The molecule has 1 fully saturated rings. The summed E-state index contributed by atoms with van der Waals surface area (Å²) in [5, 5.41) is 5.12. The number of carbonyl (C=O) groups is 1. The highest BCUT2D eigenvalue weighted by atomic mass is 16.2. The van der Waals surface area contributed by atoms with Crippen molar-refractivity contribution in [1.29, 1.82) is 0 Å². The van der Waals surface area contributed by atoms with Crippen molar-refractivity contribution in [3.63, 3.8) is 0 Å². The number of anilines is 1. The summed E-state index contributed by atoms with van der Waals surface area (Å²) < 4.78 is 0. The summed E-state index contributed by atoms with van der Waals surface area (Å²) in [5.74, 6) is -0.0806. The Balaban J connectivity index is 1.99. The van der Waals surface area contributed by atoms with Crippen molar-refractivity contribution in [2.75, 3.05) is 45.1 Å². The van der Waals surface area contributed by atoms with Crippen molar-refractivity contribution in [3.05, 3.63) is 24.0 Å². The molecular formula is C13H21N5O. The molecule has 104 valence electrons. The first-order chi connectivity index (χ1) is 9.20. The Hall–Kier alpha value is -1.66. The predicted octanol–water partition coefficient (Wildman–Crippen LogP) is 0.406. The predicted molar refractivity (Wildman–Crippen MR) is 74.9 cm³/mol. The van der Waals surface area contributed by atoms with Gasteiger partial charge in [0.1, 0.15) is 0 Å². The van der Waals surface area contributed by atoms with Crippen molar-refractivity contribution in [2.24, 2.45) is 0 Å². The van der Waals surface area contributed by atoms with Gasteiger partial charge in [0.2, 0.25) is 0 Å². The largest absolute Gasteiger partial charge is 0.383 e. The van der Waals surface area contributed by atoms with E-state index in [0.29, 0.717) is 5.56 Å². The van der Waals surface area contributed by atoms with Gasteiger partial charge in [0, 0.05) is 38.9 Å². The molecule has 1 aliphatic heterocycles. The summed E-state index contributed by atoms with van der Waals surface area (Å²) in [5.41, 5.74) is 4.36. The van der Waals surface area contributed by atoms with E-state index < -0.39 is 0 Å². The van der Waals surface area contributed by atoms with Gasteiger partial charge in [0.05, 0.1) is 17.4 Å². The van der Waals surface area contributed by atoms with Crippen LogP contribution in [0.5, 0.6) is 0 Å². The molecule has 19 heavy (non-hydrogen) atoms. The quantitative estimate of drug-likeness (QED) is 0.824. The van der Waals surface area contributed by atoms with Gasteiger partial charge in [-0.25, -0.2) is 5.01 Å². The van der Waals surface area contributed by atoms with Crippen molar-refractivity contribution in [2.45, 2.75) is 6.92 Å². The Morgan fingerprint density at radius 1 is 1.37 bits per heavy atom. The number of aromatic nitrogens is 1. The number of hydrogen-bond donors (Lipinski definition) is 2. The molecule has 0 spiro atoms. The minimum absolute atomic E-state index is 0.0806. The number of piperazine rings is 1. The van der Waals surface area contributed by atoms with Crippen molar-refractivity contribution >= 4 is 11.6 Å². The van der Waals surface area contributed by atoms with Crippen LogP contribution >= 0.6 is 0 Å². The fourth-order valence-corrected chi connectivity index (χ4v) is 2.05. The van der Waals surface area contributed by atoms with Gasteiger partial charge in [-0.3, -0.25) is 15.2 Å². The first-order valence-electron chi connectivity index (χ1n) is 6.63.